The summed E-state index contributed by atoms with van der Waals surface area (Å²) in [4.78, 5) is 4.04. The van der Waals surface area contributed by atoms with Gasteiger partial charge in [-0.25, -0.2) is 4.98 Å². The summed E-state index contributed by atoms with van der Waals surface area (Å²) in [6, 6.07) is 8.99. The van der Waals surface area contributed by atoms with Crippen molar-refractivity contribution in [3.63, 3.8) is 0 Å². The zero-order valence-electron chi connectivity index (χ0n) is 16.0. The summed E-state index contributed by atoms with van der Waals surface area (Å²) < 4.78 is 13.4. The molecule has 0 unspecified atom stereocenters. The minimum atomic E-state index is 0.219. The predicted molar refractivity (Wildman–Crippen MR) is 117 cm³/mol. The fourth-order valence-electron chi connectivity index (χ4n) is 2.83. The molecule has 0 aliphatic heterocycles. The van der Waals surface area contributed by atoms with Gasteiger partial charge >= 0.3 is 0 Å². The normalized spacial score (nSPS) is 10.9. The summed E-state index contributed by atoms with van der Waals surface area (Å²) in [6.07, 6.45) is 6.54. The van der Waals surface area contributed by atoms with Crippen molar-refractivity contribution >= 4 is 34.8 Å². The molecule has 0 saturated heterocycles. The third kappa shape index (κ3) is 6.03. The highest BCUT2D eigenvalue weighted by molar-refractivity contribution is 6.36. The molecule has 0 aliphatic carbocycles. The molecular formula is C21H22Cl3N3O2. The first-order valence-electron chi connectivity index (χ1n) is 9.17. The summed E-state index contributed by atoms with van der Waals surface area (Å²) in [6.45, 7) is 2.63. The van der Waals surface area contributed by atoms with E-state index < -0.39 is 0 Å². The Kier molecular flexibility index (Phi) is 8.07. The van der Waals surface area contributed by atoms with Crippen molar-refractivity contribution in [2.45, 2.75) is 26.1 Å². The van der Waals surface area contributed by atoms with E-state index in [1.54, 1.807) is 37.6 Å². The van der Waals surface area contributed by atoms with Crippen molar-refractivity contribution in [2.24, 2.45) is 0 Å². The number of methoxy groups -OCH3 is 1. The molecule has 0 radical (unpaired) electrons. The van der Waals surface area contributed by atoms with E-state index in [0.717, 1.165) is 30.6 Å². The van der Waals surface area contributed by atoms with E-state index in [2.05, 4.69) is 14.9 Å². The summed E-state index contributed by atoms with van der Waals surface area (Å²) in [7, 11) is 1.60. The van der Waals surface area contributed by atoms with Gasteiger partial charge < -0.3 is 19.4 Å². The number of halogens is 3. The number of rotatable bonds is 10. The van der Waals surface area contributed by atoms with Crippen molar-refractivity contribution in [1.29, 1.82) is 0 Å². The Balaban J connectivity index is 1.58. The van der Waals surface area contributed by atoms with Crippen molar-refractivity contribution in [3.05, 3.63) is 75.2 Å². The highest BCUT2D eigenvalue weighted by atomic mass is 35.5. The molecule has 29 heavy (non-hydrogen) atoms. The molecule has 5 nitrogen and oxygen atoms in total. The van der Waals surface area contributed by atoms with Gasteiger partial charge in [-0.15, -0.1) is 0 Å². The third-order valence-corrected chi connectivity index (χ3v) is 5.47. The van der Waals surface area contributed by atoms with Gasteiger partial charge in [0.2, 0.25) is 0 Å². The highest BCUT2D eigenvalue weighted by Gasteiger charge is 2.13. The van der Waals surface area contributed by atoms with Crippen LogP contribution in [0.15, 0.2) is 49.1 Å². The number of aromatic nitrogens is 2. The average Bonchev–Trinajstić information content (AvgIpc) is 3.22. The molecule has 1 heterocycles. The third-order valence-electron chi connectivity index (χ3n) is 4.41. The number of hydrogen-bond acceptors (Lipinski definition) is 4. The van der Waals surface area contributed by atoms with E-state index in [0.29, 0.717) is 33.1 Å². The van der Waals surface area contributed by atoms with Gasteiger partial charge in [-0.05, 0) is 36.7 Å². The second-order valence-electron chi connectivity index (χ2n) is 6.41. The van der Waals surface area contributed by atoms with Crippen LogP contribution in [0.2, 0.25) is 15.1 Å². The van der Waals surface area contributed by atoms with Crippen molar-refractivity contribution in [1.82, 2.24) is 14.9 Å². The van der Waals surface area contributed by atoms with Crippen LogP contribution in [0.4, 0.5) is 0 Å². The van der Waals surface area contributed by atoms with E-state index in [1.807, 2.05) is 18.6 Å². The van der Waals surface area contributed by atoms with Gasteiger partial charge in [-0.1, -0.05) is 40.9 Å². The first kappa shape index (κ1) is 21.8. The molecule has 0 bridgehead atoms. The quantitative estimate of drug-likeness (QED) is 0.404. The zero-order valence-corrected chi connectivity index (χ0v) is 18.3. The Labute approximate surface area is 185 Å². The molecule has 0 saturated carbocycles. The first-order valence-corrected chi connectivity index (χ1v) is 10.3. The molecular weight excluding hydrogens is 433 g/mol. The first-order chi connectivity index (χ1) is 14.1. The van der Waals surface area contributed by atoms with Gasteiger partial charge in [-0.3, -0.25) is 0 Å². The molecule has 3 rings (SSSR count). The van der Waals surface area contributed by atoms with Gasteiger partial charge in [0.05, 0.1) is 13.4 Å². The lowest BCUT2D eigenvalue weighted by molar-refractivity contribution is 0.284. The Bertz CT molecular complexity index is 913. The molecule has 1 N–H and O–H groups in total. The van der Waals surface area contributed by atoms with Gasteiger partial charge in [0.25, 0.3) is 0 Å². The smallest absolute Gasteiger partial charge is 0.163 e. The van der Waals surface area contributed by atoms with E-state index >= 15 is 0 Å². The maximum Gasteiger partial charge on any atom is 0.163 e. The minimum absolute atomic E-state index is 0.219. The second kappa shape index (κ2) is 10.7. The Morgan fingerprint density at radius 1 is 1.07 bits per heavy atom. The van der Waals surface area contributed by atoms with Gasteiger partial charge in [-0.2, -0.15) is 0 Å². The molecule has 0 atom stereocenters. The van der Waals surface area contributed by atoms with Crippen molar-refractivity contribution < 1.29 is 9.47 Å². The largest absolute Gasteiger partial charge is 0.493 e. The topological polar surface area (TPSA) is 48.3 Å². The van der Waals surface area contributed by atoms with Gasteiger partial charge in [0.1, 0.15) is 6.61 Å². The number of nitrogens with one attached hydrogen (secondary N) is 1. The van der Waals surface area contributed by atoms with Crippen LogP contribution in [0.25, 0.3) is 0 Å². The molecule has 0 amide bonds. The lowest BCUT2D eigenvalue weighted by Gasteiger charge is -2.15. The Morgan fingerprint density at radius 2 is 1.86 bits per heavy atom. The van der Waals surface area contributed by atoms with Crippen LogP contribution < -0.4 is 14.8 Å². The number of imidazole rings is 1. The van der Waals surface area contributed by atoms with E-state index in [-0.39, 0.29) is 6.61 Å². The van der Waals surface area contributed by atoms with Gasteiger partial charge in [0.15, 0.2) is 11.5 Å². The van der Waals surface area contributed by atoms with Crippen LogP contribution in [-0.4, -0.2) is 23.2 Å². The summed E-state index contributed by atoms with van der Waals surface area (Å²) in [5, 5.41) is 5.11. The van der Waals surface area contributed by atoms with E-state index in [9.17, 15) is 0 Å². The molecule has 0 spiro atoms. The van der Waals surface area contributed by atoms with E-state index in [1.165, 1.54) is 0 Å². The average molecular weight is 455 g/mol. The molecule has 0 fully saturated rings. The Morgan fingerprint density at radius 3 is 2.55 bits per heavy atom. The summed E-state index contributed by atoms with van der Waals surface area (Å²) >= 11 is 18.9. The van der Waals surface area contributed by atoms with E-state index in [4.69, 9.17) is 44.3 Å². The van der Waals surface area contributed by atoms with Crippen LogP contribution in [-0.2, 0) is 19.7 Å². The number of nitrogens with zero attached hydrogens (tertiary/aromatic N) is 2. The monoisotopic (exact) mass is 453 g/mol. The van der Waals surface area contributed by atoms with Crippen LogP contribution in [0.1, 0.15) is 17.5 Å². The SMILES string of the molecule is COc1cc(CNCCCn2ccnc2)c(Cl)cc1OCc1c(Cl)cccc1Cl. The summed E-state index contributed by atoms with van der Waals surface area (Å²) in [5.74, 6) is 1.14. The maximum absolute atomic E-state index is 6.46. The predicted octanol–water partition coefficient (Wildman–Crippen LogP) is 5.61. The molecule has 2 aromatic carbocycles. The number of ether oxygens (including phenoxy) is 2. The van der Waals surface area contributed by atoms with Gasteiger partial charge in [0, 0.05) is 52.2 Å². The van der Waals surface area contributed by atoms with Crippen LogP contribution in [0.3, 0.4) is 0 Å². The zero-order chi connectivity index (χ0) is 20.6. The lowest BCUT2D eigenvalue weighted by atomic mass is 10.2. The lowest BCUT2D eigenvalue weighted by Crippen LogP contribution is -2.16. The number of aryl methyl sites for hydroxylation is 1. The number of hydrogen-bond donors (Lipinski definition) is 1. The fraction of sp³-hybridized carbons (Fsp3) is 0.286. The van der Waals surface area contributed by atoms with Crippen LogP contribution in [0, 0.1) is 0 Å². The fourth-order valence-corrected chi connectivity index (χ4v) is 3.56. The van der Waals surface area contributed by atoms with Crippen molar-refractivity contribution in [3.8, 4) is 11.5 Å². The minimum Gasteiger partial charge on any atom is -0.493 e. The standard InChI is InChI=1S/C21H22Cl3N3O2/c1-28-20-10-15(12-25-6-3-8-27-9-7-26-14-27)19(24)11-21(20)29-13-16-17(22)4-2-5-18(16)23/h2,4-5,7,9-11,14,25H,3,6,8,12-13H2,1H3. The summed E-state index contributed by atoms with van der Waals surface area (Å²) in [5.41, 5.74) is 1.66. The van der Waals surface area contributed by atoms with Crippen LogP contribution >= 0.6 is 34.8 Å². The molecule has 0 aliphatic rings. The highest BCUT2D eigenvalue weighted by Crippen LogP contribution is 2.35. The second-order valence-corrected chi connectivity index (χ2v) is 7.64. The van der Waals surface area contributed by atoms with Crippen LogP contribution in [0.5, 0.6) is 11.5 Å². The number of benzene rings is 2. The maximum atomic E-state index is 6.46. The molecule has 3 aromatic rings. The Hall–Kier alpha value is -1.92. The molecule has 154 valence electrons. The molecule has 8 heteroatoms. The molecule has 1 aromatic heterocycles. The van der Waals surface area contributed by atoms with Crippen molar-refractivity contribution in [2.75, 3.05) is 13.7 Å².